The van der Waals surface area contributed by atoms with E-state index >= 15 is 0 Å². The van der Waals surface area contributed by atoms with Crippen LogP contribution in [0.1, 0.15) is 31.9 Å². The van der Waals surface area contributed by atoms with Gasteiger partial charge in [-0.15, -0.1) is 0 Å². The molecule has 1 N–H and O–H groups in total. The molecule has 100 valence electrons. The van der Waals surface area contributed by atoms with Gasteiger partial charge in [-0.2, -0.15) is 0 Å². The molecule has 2 nitrogen and oxygen atoms in total. The zero-order chi connectivity index (χ0) is 13.3. The number of morpholine rings is 1. The van der Waals surface area contributed by atoms with Crippen LogP contribution in [0.3, 0.4) is 0 Å². The molecule has 2 aromatic carbocycles. The molecule has 2 aromatic rings. The second-order valence-corrected chi connectivity index (χ2v) is 5.61. The summed E-state index contributed by atoms with van der Waals surface area (Å²) >= 11 is 0. The summed E-state index contributed by atoms with van der Waals surface area (Å²) in [7, 11) is 0. The van der Waals surface area contributed by atoms with Crippen LogP contribution in [-0.4, -0.2) is 18.7 Å². The van der Waals surface area contributed by atoms with E-state index in [1.807, 2.05) is 0 Å². The number of fused-ring (bicyclic) bond motifs is 1. The minimum atomic E-state index is -0.0557. The van der Waals surface area contributed by atoms with Crippen LogP contribution in [0.15, 0.2) is 42.5 Å². The average Bonchev–Trinajstić information content (AvgIpc) is 2.47. The highest BCUT2D eigenvalue weighted by Gasteiger charge is 2.32. The largest absolute Gasteiger partial charge is 0.365 e. The van der Waals surface area contributed by atoms with Gasteiger partial charge in [0.25, 0.3) is 0 Å². The first-order chi connectivity index (χ1) is 9.22. The van der Waals surface area contributed by atoms with E-state index in [9.17, 15) is 0 Å². The van der Waals surface area contributed by atoms with Crippen LogP contribution in [-0.2, 0) is 4.74 Å². The summed E-state index contributed by atoms with van der Waals surface area (Å²) in [6.45, 7) is 6.21. The van der Waals surface area contributed by atoms with Crippen molar-refractivity contribution in [1.29, 1.82) is 0 Å². The fraction of sp³-hybridized carbons (Fsp3) is 0.412. The fourth-order valence-corrected chi connectivity index (χ4v) is 2.81. The van der Waals surface area contributed by atoms with Crippen molar-refractivity contribution in [3.05, 3.63) is 48.0 Å². The van der Waals surface area contributed by atoms with Gasteiger partial charge in [0, 0.05) is 13.1 Å². The minimum Gasteiger partial charge on any atom is -0.365 e. The maximum atomic E-state index is 6.35. The molecule has 19 heavy (non-hydrogen) atoms. The van der Waals surface area contributed by atoms with Crippen LogP contribution in [0.25, 0.3) is 10.8 Å². The Morgan fingerprint density at radius 3 is 2.84 bits per heavy atom. The van der Waals surface area contributed by atoms with Crippen LogP contribution in [0.5, 0.6) is 0 Å². The third-order valence-electron chi connectivity index (χ3n) is 4.17. The molecule has 2 atom stereocenters. The van der Waals surface area contributed by atoms with Crippen molar-refractivity contribution in [2.75, 3.05) is 13.1 Å². The van der Waals surface area contributed by atoms with Gasteiger partial charge in [-0.25, -0.2) is 0 Å². The summed E-state index contributed by atoms with van der Waals surface area (Å²) in [5, 5.41) is 6.10. The van der Waals surface area contributed by atoms with Crippen LogP contribution in [0.2, 0.25) is 0 Å². The molecule has 1 aliphatic heterocycles. The number of benzene rings is 2. The molecule has 0 amide bonds. The molecule has 1 fully saturated rings. The first-order valence-electron chi connectivity index (χ1n) is 7.08. The average molecular weight is 255 g/mol. The van der Waals surface area contributed by atoms with Gasteiger partial charge in [-0.3, -0.25) is 0 Å². The Hall–Kier alpha value is -1.38. The molecular weight excluding hydrogens is 234 g/mol. The van der Waals surface area contributed by atoms with Gasteiger partial charge in [0.2, 0.25) is 0 Å². The van der Waals surface area contributed by atoms with Gasteiger partial charge in [0.15, 0.2) is 0 Å². The molecule has 3 rings (SSSR count). The van der Waals surface area contributed by atoms with Crippen molar-refractivity contribution in [3.8, 4) is 0 Å². The Bertz CT molecular complexity index is 575. The van der Waals surface area contributed by atoms with E-state index in [0.29, 0.717) is 0 Å². The SMILES string of the molecule is CCC1(C)CNCC(c2cccc3ccccc23)O1. The normalized spacial score (nSPS) is 27.6. The van der Waals surface area contributed by atoms with Crippen LogP contribution in [0.4, 0.5) is 0 Å². The maximum Gasteiger partial charge on any atom is 0.0963 e. The van der Waals surface area contributed by atoms with Gasteiger partial charge in [-0.05, 0) is 29.7 Å². The molecule has 0 radical (unpaired) electrons. The summed E-state index contributed by atoms with van der Waals surface area (Å²) in [6.07, 6.45) is 1.17. The zero-order valence-electron chi connectivity index (χ0n) is 11.6. The summed E-state index contributed by atoms with van der Waals surface area (Å²) in [6, 6.07) is 15.0. The molecule has 1 saturated heterocycles. The molecule has 1 aliphatic rings. The lowest BCUT2D eigenvalue weighted by Gasteiger charge is -2.39. The Balaban J connectivity index is 2.00. The van der Waals surface area contributed by atoms with Gasteiger partial charge in [0.1, 0.15) is 0 Å². The monoisotopic (exact) mass is 255 g/mol. The minimum absolute atomic E-state index is 0.0557. The van der Waals surface area contributed by atoms with Crippen molar-refractivity contribution < 1.29 is 4.74 Å². The quantitative estimate of drug-likeness (QED) is 0.884. The lowest BCUT2D eigenvalue weighted by atomic mass is 9.95. The third-order valence-corrected chi connectivity index (χ3v) is 4.17. The Kier molecular flexibility index (Phi) is 3.29. The number of hydrogen-bond acceptors (Lipinski definition) is 2. The summed E-state index contributed by atoms with van der Waals surface area (Å²) in [5.41, 5.74) is 1.24. The van der Waals surface area contributed by atoms with E-state index in [2.05, 4.69) is 61.6 Å². The topological polar surface area (TPSA) is 21.3 Å². The molecular formula is C17H21NO. The molecule has 2 unspecified atom stereocenters. The van der Waals surface area contributed by atoms with Crippen molar-refractivity contribution in [3.63, 3.8) is 0 Å². The van der Waals surface area contributed by atoms with Gasteiger partial charge < -0.3 is 10.1 Å². The molecule has 0 bridgehead atoms. The van der Waals surface area contributed by atoms with Crippen molar-refractivity contribution in [1.82, 2.24) is 5.32 Å². The van der Waals surface area contributed by atoms with Gasteiger partial charge in [0.05, 0.1) is 11.7 Å². The van der Waals surface area contributed by atoms with E-state index in [-0.39, 0.29) is 11.7 Å². The zero-order valence-corrected chi connectivity index (χ0v) is 11.6. The summed E-state index contributed by atoms with van der Waals surface area (Å²) in [4.78, 5) is 0. The Morgan fingerprint density at radius 2 is 2.00 bits per heavy atom. The predicted molar refractivity (Wildman–Crippen MR) is 79.3 cm³/mol. The van der Waals surface area contributed by atoms with Crippen LogP contribution in [0, 0.1) is 0 Å². The van der Waals surface area contributed by atoms with E-state index in [0.717, 1.165) is 19.5 Å². The molecule has 0 aromatic heterocycles. The molecule has 0 spiro atoms. The van der Waals surface area contributed by atoms with Crippen molar-refractivity contribution >= 4 is 10.8 Å². The highest BCUT2D eigenvalue weighted by Crippen LogP contribution is 2.32. The van der Waals surface area contributed by atoms with Gasteiger partial charge in [-0.1, -0.05) is 49.4 Å². The summed E-state index contributed by atoms with van der Waals surface area (Å²) in [5.74, 6) is 0. The van der Waals surface area contributed by atoms with E-state index in [1.165, 1.54) is 16.3 Å². The van der Waals surface area contributed by atoms with E-state index in [1.54, 1.807) is 0 Å². The first-order valence-corrected chi connectivity index (χ1v) is 7.08. The summed E-state index contributed by atoms with van der Waals surface area (Å²) < 4.78 is 6.35. The van der Waals surface area contributed by atoms with E-state index < -0.39 is 0 Å². The second-order valence-electron chi connectivity index (χ2n) is 5.61. The predicted octanol–water partition coefficient (Wildman–Crippen LogP) is 3.67. The number of rotatable bonds is 2. The smallest absolute Gasteiger partial charge is 0.0963 e. The number of ether oxygens (including phenoxy) is 1. The number of hydrogen-bond donors (Lipinski definition) is 1. The molecule has 2 heteroatoms. The van der Waals surface area contributed by atoms with Crippen molar-refractivity contribution in [2.45, 2.75) is 32.0 Å². The molecule has 1 heterocycles. The van der Waals surface area contributed by atoms with Gasteiger partial charge >= 0.3 is 0 Å². The highest BCUT2D eigenvalue weighted by atomic mass is 16.5. The fourth-order valence-electron chi connectivity index (χ4n) is 2.81. The number of nitrogens with one attached hydrogen (secondary N) is 1. The van der Waals surface area contributed by atoms with Crippen LogP contribution >= 0.6 is 0 Å². The van der Waals surface area contributed by atoms with Crippen LogP contribution < -0.4 is 5.32 Å². The second kappa shape index (κ2) is 4.95. The highest BCUT2D eigenvalue weighted by molar-refractivity contribution is 5.86. The third kappa shape index (κ3) is 2.38. The van der Waals surface area contributed by atoms with Crippen molar-refractivity contribution in [2.24, 2.45) is 0 Å². The lowest BCUT2D eigenvalue weighted by molar-refractivity contribution is -0.108. The Labute approximate surface area is 114 Å². The standard InChI is InChI=1S/C17H21NO/c1-3-17(2)12-18-11-16(19-17)15-10-6-8-13-7-4-5-9-14(13)15/h4-10,16,18H,3,11-12H2,1-2H3. The lowest BCUT2D eigenvalue weighted by Crippen LogP contribution is -2.48. The molecule has 0 saturated carbocycles. The maximum absolute atomic E-state index is 6.35. The molecule has 0 aliphatic carbocycles. The first kappa shape index (κ1) is 12.6. The Morgan fingerprint density at radius 1 is 1.21 bits per heavy atom. The van der Waals surface area contributed by atoms with E-state index in [4.69, 9.17) is 4.74 Å².